The van der Waals surface area contributed by atoms with Crippen molar-refractivity contribution in [1.82, 2.24) is 9.78 Å². The fraction of sp³-hybridized carbons (Fsp3) is 0.250. The van der Waals surface area contributed by atoms with Crippen LogP contribution in [0.15, 0.2) is 24.4 Å². The minimum atomic E-state index is -1.59. The lowest BCUT2D eigenvalue weighted by molar-refractivity contribution is 0.201. The van der Waals surface area contributed by atoms with Crippen molar-refractivity contribution in [1.29, 1.82) is 0 Å². The molecule has 3 nitrogen and oxygen atoms in total. The van der Waals surface area contributed by atoms with Crippen LogP contribution in [0.1, 0.15) is 24.3 Å². The molecule has 0 amide bonds. The van der Waals surface area contributed by atoms with E-state index in [2.05, 4.69) is 5.10 Å². The molecule has 1 atom stereocenters. The van der Waals surface area contributed by atoms with Crippen LogP contribution in [0.4, 0.5) is 13.2 Å². The fourth-order valence-electron chi connectivity index (χ4n) is 1.75. The molecular formula is C12H11F3N2O. The molecule has 18 heavy (non-hydrogen) atoms. The van der Waals surface area contributed by atoms with Crippen LogP contribution in [-0.2, 0) is 6.54 Å². The third-order valence-corrected chi connectivity index (χ3v) is 2.69. The normalized spacial score (nSPS) is 12.7. The van der Waals surface area contributed by atoms with Gasteiger partial charge >= 0.3 is 0 Å². The molecule has 0 bridgehead atoms. The topological polar surface area (TPSA) is 38.0 Å². The third kappa shape index (κ3) is 1.99. The van der Waals surface area contributed by atoms with Crippen LogP contribution in [0.25, 0.3) is 0 Å². The number of rotatable bonds is 3. The molecule has 0 spiro atoms. The van der Waals surface area contributed by atoms with Crippen molar-refractivity contribution >= 4 is 0 Å². The van der Waals surface area contributed by atoms with Gasteiger partial charge in [0.15, 0.2) is 17.5 Å². The molecule has 1 N–H and O–H groups in total. The Morgan fingerprint density at radius 1 is 1.22 bits per heavy atom. The average molecular weight is 256 g/mol. The van der Waals surface area contributed by atoms with E-state index in [0.29, 0.717) is 12.2 Å². The summed E-state index contributed by atoms with van der Waals surface area (Å²) in [5, 5.41) is 13.9. The molecule has 0 saturated carbocycles. The highest BCUT2D eigenvalue weighted by atomic mass is 19.2. The molecule has 2 rings (SSSR count). The summed E-state index contributed by atoms with van der Waals surface area (Å²) >= 11 is 0. The first-order valence-electron chi connectivity index (χ1n) is 5.39. The van der Waals surface area contributed by atoms with E-state index in [9.17, 15) is 18.3 Å². The summed E-state index contributed by atoms with van der Waals surface area (Å²) in [5.41, 5.74) is 0.00603. The van der Waals surface area contributed by atoms with Gasteiger partial charge in [-0.3, -0.25) is 4.68 Å². The molecule has 2 aromatic rings. The molecular weight excluding hydrogens is 245 g/mol. The highest BCUT2D eigenvalue weighted by Gasteiger charge is 2.22. The number of benzene rings is 1. The van der Waals surface area contributed by atoms with Gasteiger partial charge < -0.3 is 5.11 Å². The van der Waals surface area contributed by atoms with Crippen LogP contribution in [0.2, 0.25) is 0 Å². The van der Waals surface area contributed by atoms with Crippen LogP contribution in [0.3, 0.4) is 0 Å². The van der Waals surface area contributed by atoms with E-state index in [4.69, 9.17) is 0 Å². The Balaban J connectivity index is 2.46. The second kappa shape index (κ2) is 4.81. The van der Waals surface area contributed by atoms with Crippen LogP contribution >= 0.6 is 0 Å². The molecule has 1 unspecified atom stereocenters. The van der Waals surface area contributed by atoms with Gasteiger partial charge in [0.2, 0.25) is 0 Å². The molecule has 6 heteroatoms. The molecule has 1 heterocycles. The maximum atomic E-state index is 13.5. The standard InChI is InChI=1S/C12H11F3N2O/c1-2-17-9(5-6-16-17)12(18)7-3-4-8(13)11(15)10(7)14/h3-6,12,18H,2H2,1H3. The first kappa shape index (κ1) is 12.6. The molecule has 0 aliphatic carbocycles. The quantitative estimate of drug-likeness (QED) is 0.856. The summed E-state index contributed by atoms with van der Waals surface area (Å²) in [4.78, 5) is 0. The SMILES string of the molecule is CCn1nccc1C(O)c1ccc(F)c(F)c1F. The van der Waals surface area contributed by atoms with Gasteiger partial charge in [0.25, 0.3) is 0 Å². The predicted octanol–water partition coefficient (Wildman–Crippen LogP) is 2.40. The third-order valence-electron chi connectivity index (χ3n) is 2.69. The Bertz CT molecular complexity index is 568. The molecule has 0 fully saturated rings. The first-order chi connectivity index (χ1) is 8.56. The second-order valence-electron chi connectivity index (χ2n) is 3.74. The summed E-state index contributed by atoms with van der Waals surface area (Å²) in [7, 11) is 0. The van der Waals surface area contributed by atoms with Crippen molar-refractivity contribution in [3.63, 3.8) is 0 Å². The largest absolute Gasteiger partial charge is 0.382 e. The van der Waals surface area contributed by atoms with Crippen molar-refractivity contribution in [2.75, 3.05) is 0 Å². The van der Waals surface area contributed by atoms with Crippen molar-refractivity contribution < 1.29 is 18.3 Å². The molecule has 0 aliphatic rings. The van der Waals surface area contributed by atoms with Gasteiger partial charge in [-0.15, -0.1) is 0 Å². The molecule has 1 aromatic heterocycles. The van der Waals surface area contributed by atoms with Gasteiger partial charge in [-0.2, -0.15) is 5.10 Å². The molecule has 0 aliphatic heterocycles. The average Bonchev–Trinajstić information content (AvgIpc) is 2.83. The number of aliphatic hydroxyl groups is 1. The number of aromatic nitrogens is 2. The zero-order valence-corrected chi connectivity index (χ0v) is 9.57. The summed E-state index contributed by atoms with van der Waals surface area (Å²) in [6.45, 7) is 2.27. The lowest BCUT2D eigenvalue weighted by Crippen LogP contribution is -2.11. The van der Waals surface area contributed by atoms with E-state index >= 15 is 0 Å². The molecule has 1 aromatic carbocycles. The van der Waals surface area contributed by atoms with E-state index in [0.717, 1.165) is 12.1 Å². The highest BCUT2D eigenvalue weighted by molar-refractivity contribution is 5.28. The first-order valence-corrected chi connectivity index (χ1v) is 5.39. The Labute approximate surface area is 101 Å². The Hall–Kier alpha value is -1.82. The summed E-state index contributed by atoms with van der Waals surface area (Å²) < 4.78 is 40.9. The number of nitrogens with zero attached hydrogens (tertiary/aromatic N) is 2. The smallest absolute Gasteiger partial charge is 0.194 e. The van der Waals surface area contributed by atoms with E-state index in [-0.39, 0.29) is 5.56 Å². The van der Waals surface area contributed by atoms with Gasteiger partial charge in [0.05, 0.1) is 5.69 Å². The van der Waals surface area contributed by atoms with Gasteiger partial charge in [-0.05, 0) is 25.1 Å². The number of halogens is 3. The van der Waals surface area contributed by atoms with Crippen molar-refractivity contribution in [3.8, 4) is 0 Å². The molecule has 0 radical (unpaired) electrons. The van der Waals surface area contributed by atoms with E-state index in [1.54, 1.807) is 6.92 Å². The maximum Gasteiger partial charge on any atom is 0.194 e. The zero-order chi connectivity index (χ0) is 13.3. The number of aliphatic hydroxyl groups excluding tert-OH is 1. The lowest BCUT2D eigenvalue weighted by atomic mass is 10.1. The van der Waals surface area contributed by atoms with Crippen LogP contribution in [0.5, 0.6) is 0 Å². The van der Waals surface area contributed by atoms with E-state index < -0.39 is 23.6 Å². The zero-order valence-electron chi connectivity index (χ0n) is 9.57. The van der Waals surface area contributed by atoms with Gasteiger partial charge in [0, 0.05) is 18.3 Å². The summed E-state index contributed by atoms with van der Waals surface area (Å²) in [6.07, 6.45) is 0.0578. The maximum absolute atomic E-state index is 13.5. The Morgan fingerprint density at radius 2 is 1.94 bits per heavy atom. The van der Waals surface area contributed by atoms with Crippen LogP contribution in [0, 0.1) is 17.5 Å². The predicted molar refractivity (Wildman–Crippen MR) is 58.3 cm³/mol. The monoisotopic (exact) mass is 256 g/mol. The molecule has 96 valence electrons. The van der Waals surface area contributed by atoms with E-state index in [1.807, 2.05) is 0 Å². The Morgan fingerprint density at radius 3 is 2.61 bits per heavy atom. The van der Waals surface area contributed by atoms with Gasteiger partial charge in [-0.1, -0.05) is 0 Å². The number of hydrogen-bond acceptors (Lipinski definition) is 2. The minimum Gasteiger partial charge on any atom is -0.382 e. The van der Waals surface area contributed by atoms with Crippen molar-refractivity contribution in [2.24, 2.45) is 0 Å². The molecule has 0 saturated heterocycles. The minimum absolute atomic E-state index is 0.316. The summed E-state index contributed by atoms with van der Waals surface area (Å²) in [5.74, 6) is -4.26. The highest BCUT2D eigenvalue weighted by Crippen LogP contribution is 2.26. The Kier molecular flexibility index (Phi) is 3.38. The van der Waals surface area contributed by atoms with Gasteiger partial charge in [0.1, 0.15) is 6.10 Å². The van der Waals surface area contributed by atoms with Gasteiger partial charge in [-0.25, -0.2) is 13.2 Å². The number of hydrogen-bond donors (Lipinski definition) is 1. The lowest BCUT2D eigenvalue weighted by Gasteiger charge is -2.14. The number of aryl methyl sites for hydroxylation is 1. The summed E-state index contributed by atoms with van der Waals surface area (Å²) in [6, 6.07) is 3.30. The van der Waals surface area contributed by atoms with Crippen LogP contribution in [-0.4, -0.2) is 14.9 Å². The van der Waals surface area contributed by atoms with Crippen LogP contribution < -0.4 is 0 Å². The van der Waals surface area contributed by atoms with Crippen molar-refractivity contribution in [3.05, 3.63) is 53.1 Å². The van der Waals surface area contributed by atoms with Crippen molar-refractivity contribution in [2.45, 2.75) is 19.6 Å². The van der Waals surface area contributed by atoms with E-state index in [1.165, 1.54) is 16.9 Å². The fourth-order valence-corrected chi connectivity index (χ4v) is 1.75. The second-order valence-corrected chi connectivity index (χ2v) is 3.74.